The highest BCUT2D eigenvalue weighted by Gasteiger charge is 2.44. The van der Waals surface area contributed by atoms with Gasteiger partial charge in [-0.3, -0.25) is 19.3 Å². The number of carbonyl (C=O) groups excluding carboxylic acids is 3. The average Bonchev–Trinajstić information content (AvgIpc) is 3.66. The molecule has 2 aromatic rings. The molecule has 1 aliphatic carbocycles. The molecule has 1 N–H and O–H groups in total. The summed E-state index contributed by atoms with van der Waals surface area (Å²) in [4.78, 5) is 53.7. The number of ether oxygens (including phenoxy) is 1. The minimum absolute atomic E-state index is 0.0448. The molecule has 208 valence electrons. The molecule has 2 fully saturated rings. The van der Waals surface area contributed by atoms with Crippen LogP contribution in [0.3, 0.4) is 0 Å². The van der Waals surface area contributed by atoms with Crippen molar-refractivity contribution in [1.29, 1.82) is 0 Å². The number of Topliss-reactive ketones (excluding diaryl/α,β-unsaturated/α-hetero) is 2. The van der Waals surface area contributed by atoms with Crippen molar-refractivity contribution in [1.82, 2.24) is 9.21 Å². The Morgan fingerprint density at radius 3 is 2.10 bits per heavy atom. The van der Waals surface area contributed by atoms with E-state index in [2.05, 4.69) is 0 Å². The lowest BCUT2D eigenvalue weighted by molar-refractivity contribution is -0.149. The highest BCUT2D eigenvalue weighted by atomic mass is 32.2. The zero-order chi connectivity index (χ0) is 28.0. The third-order valence-electron chi connectivity index (χ3n) is 7.30. The third-order valence-corrected chi connectivity index (χ3v) is 9.07. The van der Waals surface area contributed by atoms with E-state index in [9.17, 15) is 32.7 Å². The lowest BCUT2D eigenvalue weighted by atomic mass is 9.96. The number of nitrogens with zero attached hydrogens (tertiary/aromatic N) is 2. The fourth-order valence-electron chi connectivity index (χ4n) is 5.25. The summed E-state index contributed by atoms with van der Waals surface area (Å²) in [6, 6.07) is 13.6. The van der Waals surface area contributed by atoms with Gasteiger partial charge < -0.3 is 9.84 Å². The van der Waals surface area contributed by atoms with Crippen LogP contribution in [0.1, 0.15) is 37.7 Å². The summed E-state index contributed by atoms with van der Waals surface area (Å²) in [6.45, 7) is 0.110. The Balaban J connectivity index is 1.68. The molecule has 1 unspecified atom stereocenters. The van der Waals surface area contributed by atoms with Crippen molar-refractivity contribution in [2.75, 3.05) is 19.8 Å². The fraction of sp³-hybridized carbons (Fsp3) is 0.429. The standard InChI is InChI=1S/C28H32N2O8S/c31-25(24(17-20-9-3-1-4-10-20)30(28(34)35)22-15-16-38-19-22)26(32)27(33)29(18-21-11-7-8-12-21)39(36,37)23-13-5-2-6-14-23/h1-6,9-10,13-14,21-22,24H,7-8,11-12,15-19H2,(H,34,35)/t22-,24?/m0/s1. The van der Waals surface area contributed by atoms with Gasteiger partial charge in [0, 0.05) is 19.6 Å². The monoisotopic (exact) mass is 556 g/mol. The molecule has 1 saturated carbocycles. The van der Waals surface area contributed by atoms with E-state index < -0.39 is 45.7 Å². The molecule has 0 bridgehead atoms. The summed E-state index contributed by atoms with van der Waals surface area (Å²) in [5.41, 5.74) is 0.584. The summed E-state index contributed by atoms with van der Waals surface area (Å²) < 4.78 is 32.9. The third kappa shape index (κ3) is 6.54. The van der Waals surface area contributed by atoms with Crippen molar-refractivity contribution in [2.45, 2.75) is 55.5 Å². The van der Waals surface area contributed by atoms with Gasteiger partial charge in [0.05, 0.1) is 17.5 Å². The molecule has 1 aliphatic heterocycles. The van der Waals surface area contributed by atoms with Gasteiger partial charge in [0.15, 0.2) is 0 Å². The van der Waals surface area contributed by atoms with Crippen LogP contribution in [0.2, 0.25) is 0 Å². The van der Waals surface area contributed by atoms with Crippen LogP contribution >= 0.6 is 0 Å². The molecule has 0 radical (unpaired) electrons. The van der Waals surface area contributed by atoms with Gasteiger partial charge in [0.2, 0.25) is 5.78 Å². The Bertz CT molecular complexity index is 1290. The van der Waals surface area contributed by atoms with Crippen molar-refractivity contribution in [3.05, 3.63) is 66.2 Å². The molecular weight excluding hydrogens is 524 g/mol. The highest BCUT2D eigenvalue weighted by molar-refractivity contribution is 7.89. The first-order valence-corrected chi connectivity index (χ1v) is 14.5. The second kappa shape index (κ2) is 12.5. The molecule has 4 rings (SSSR count). The predicted octanol–water partition coefficient (Wildman–Crippen LogP) is 2.91. The maximum Gasteiger partial charge on any atom is 0.408 e. The average molecular weight is 557 g/mol. The number of ketones is 2. The summed E-state index contributed by atoms with van der Waals surface area (Å²) in [7, 11) is -4.44. The van der Waals surface area contributed by atoms with E-state index in [1.165, 1.54) is 24.3 Å². The van der Waals surface area contributed by atoms with Crippen LogP contribution in [0.4, 0.5) is 4.79 Å². The molecule has 2 aromatic carbocycles. The van der Waals surface area contributed by atoms with Gasteiger partial charge in [-0.05, 0) is 42.9 Å². The van der Waals surface area contributed by atoms with Crippen molar-refractivity contribution in [3.63, 3.8) is 0 Å². The van der Waals surface area contributed by atoms with Crippen LogP contribution in [-0.2, 0) is 35.6 Å². The van der Waals surface area contributed by atoms with Crippen LogP contribution in [0.25, 0.3) is 0 Å². The molecule has 2 amide bonds. The lowest BCUT2D eigenvalue weighted by Crippen LogP contribution is -2.56. The maximum atomic E-state index is 13.7. The number of carbonyl (C=O) groups is 4. The van der Waals surface area contributed by atoms with E-state index in [-0.39, 0.29) is 37.0 Å². The van der Waals surface area contributed by atoms with Crippen molar-refractivity contribution in [2.24, 2.45) is 5.92 Å². The van der Waals surface area contributed by atoms with Gasteiger partial charge in [-0.15, -0.1) is 0 Å². The van der Waals surface area contributed by atoms with E-state index in [1.54, 1.807) is 36.4 Å². The first-order valence-electron chi connectivity index (χ1n) is 13.0. The van der Waals surface area contributed by atoms with Gasteiger partial charge >= 0.3 is 12.0 Å². The SMILES string of the molecule is O=C(C(=O)C(Cc1ccccc1)N(C(=O)O)[C@H]1CCOC1)C(=O)N(CC1CCCC1)S(=O)(=O)c1ccccc1. The van der Waals surface area contributed by atoms with Crippen molar-refractivity contribution in [3.8, 4) is 0 Å². The van der Waals surface area contributed by atoms with Crippen molar-refractivity contribution >= 4 is 33.6 Å². The first kappa shape index (κ1) is 28.4. The number of sulfonamides is 1. The van der Waals surface area contributed by atoms with Crippen LogP contribution in [0, 0.1) is 5.92 Å². The minimum atomic E-state index is -4.44. The molecule has 2 atom stereocenters. The summed E-state index contributed by atoms with van der Waals surface area (Å²) in [5.74, 6) is -4.43. The Labute approximate surface area is 227 Å². The number of hydrogen-bond donors (Lipinski definition) is 1. The second-order valence-corrected chi connectivity index (χ2v) is 11.8. The molecule has 39 heavy (non-hydrogen) atoms. The van der Waals surface area contributed by atoms with Crippen LogP contribution in [0.15, 0.2) is 65.6 Å². The first-order chi connectivity index (χ1) is 18.7. The molecule has 2 aliphatic rings. The maximum absolute atomic E-state index is 13.7. The lowest BCUT2D eigenvalue weighted by Gasteiger charge is -2.32. The number of rotatable bonds is 11. The van der Waals surface area contributed by atoms with E-state index in [0.29, 0.717) is 29.1 Å². The van der Waals surface area contributed by atoms with E-state index in [0.717, 1.165) is 17.7 Å². The molecule has 10 nitrogen and oxygen atoms in total. The highest BCUT2D eigenvalue weighted by Crippen LogP contribution is 2.28. The van der Waals surface area contributed by atoms with E-state index in [1.807, 2.05) is 0 Å². The summed E-state index contributed by atoms with van der Waals surface area (Å²) in [6.07, 6.45) is 1.88. The number of benzene rings is 2. The number of carboxylic acid groups (broad SMARTS) is 1. The van der Waals surface area contributed by atoms with Gasteiger partial charge in [0.25, 0.3) is 15.8 Å². The normalized spacial score (nSPS) is 18.4. The second-order valence-electron chi connectivity index (χ2n) is 9.91. The molecule has 0 aromatic heterocycles. The number of hydrogen-bond acceptors (Lipinski definition) is 7. The zero-order valence-corrected chi connectivity index (χ0v) is 22.3. The molecule has 1 heterocycles. The Kier molecular flexibility index (Phi) is 9.13. The summed E-state index contributed by atoms with van der Waals surface area (Å²) in [5, 5.41) is 10.0. The molecule has 0 spiro atoms. The van der Waals surface area contributed by atoms with Crippen molar-refractivity contribution < 1.29 is 37.4 Å². The largest absolute Gasteiger partial charge is 0.465 e. The smallest absolute Gasteiger partial charge is 0.408 e. The molecular formula is C28H32N2O8S. The topological polar surface area (TPSA) is 138 Å². The Morgan fingerprint density at radius 1 is 0.923 bits per heavy atom. The van der Waals surface area contributed by atoms with Crippen LogP contribution in [-0.4, -0.2) is 78.1 Å². The van der Waals surface area contributed by atoms with Crippen LogP contribution in [0.5, 0.6) is 0 Å². The van der Waals surface area contributed by atoms with Gasteiger partial charge in [-0.25, -0.2) is 17.5 Å². The van der Waals surface area contributed by atoms with Gasteiger partial charge in [-0.2, -0.15) is 0 Å². The molecule has 11 heteroatoms. The van der Waals surface area contributed by atoms with Gasteiger partial charge in [-0.1, -0.05) is 61.4 Å². The van der Waals surface area contributed by atoms with Crippen LogP contribution < -0.4 is 0 Å². The predicted molar refractivity (Wildman–Crippen MR) is 140 cm³/mol. The number of amides is 2. The Hall–Kier alpha value is -3.57. The fourth-order valence-corrected chi connectivity index (χ4v) is 6.71. The van der Waals surface area contributed by atoms with E-state index >= 15 is 0 Å². The summed E-state index contributed by atoms with van der Waals surface area (Å²) >= 11 is 0. The Morgan fingerprint density at radius 2 is 1.54 bits per heavy atom. The molecule has 1 saturated heterocycles. The van der Waals surface area contributed by atoms with E-state index in [4.69, 9.17) is 4.74 Å². The van der Waals surface area contributed by atoms with Gasteiger partial charge in [0.1, 0.15) is 6.04 Å². The minimum Gasteiger partial charge on any atom is -0.465 e. The quantitative estimate of drug-likeness (QED) is 0.329. The zero-order valence-electron chi connectivity index (χ0n) is 21.5.